The van der Waals surface area contributed by atoms with E-state index in [1.54, 1.807) is 0 Å². The van der Waals surface area contributed by atoms with Crippen molar-refractivity contribution < 1.29 is 4.79 Å². The normalized spacial score (nSPS) is 24.5. The van der Waals surface area contributed by atoms with Crippen molar-refractivity contribution >= 4 is 21.8 Å². The van der Waals surface area contributed by atoms with Gasteiger partial charge in [0.25, 0.3) is 0 Å². The molecule has 0 spiro atoms. The molecule has 1 amide bonds. The molecular formula is C16H23BrN2O. The molecule has 3 unspecified atom stereocenters. The van der Waals surface area contributed by atoms with Gasteiger partial charge in [-0.15, -0.1) is 0 Å². The third-order valence-electron chi connectivity index (χ3n) is 4.00. The van der Waals surface area contributed by atoms with Crippen LogP contribution >= 0.6 is 15.9 Å². The van der Waals surface area contributed by atoms with Gasteiger partial charge in [-0.05, 0) is 37.5 Å². The molecule has 1 aromatic carbocycles. The van der Waals surface area contributed by atoms with E-state index in [4.69, 9.17) is 0 Å². The van der Waals surface area contributed by atoms with Crippen molar-refractivity contribution in [3.63, 3.8) is 0 Å². The fraction of sp³-hybridized carbons (Fsp3) is 0.562. The molecule has 1 fully saturated rings. The Hall–Kier alpha value is -0.870. The van der Waals surface area contributed by atoms with Crippen LogP contribution in [0.4, 0.5) is 0 Å². The number of benzene rings is 1. The lowest BCUT2D eigenvalue weighted by molar-refractivity contribution is -0.135. The molecule has 4 heteroatoms. The number of rotatable bonds is 3. The van der Waals surface area contributed by atoms with E-state index in [-0.39, 0.29) is 17.9 Å². The third kappa shape index (κ3) is 3.83. The molecule has 0 aliphatic carbocycles. The minimum Gasteiger partial charge on any atom is -0.337 e. The quantitative estimate of drug-likeness (QED) is 0.918. The van der Waals surface area contributed by atoms with Crippen LogP contribution in [-0.2, 0) is 4.79 Å². The van der Waals surface area contributed by atoms with Crippen LogP contribution in [-0.4, -0.2) is 36.0 Å². The van der Waals surface area contributed by atoms with E-state index < -0.39 is 0 Å². The van der Waals surface area contributed by atoms with Crippen LogP contribution in [0.1, 0.15) is 38.7 Å². The number of hydrogen-bond donors (Lipinski definition) is 1. The summed E-state index contributed by atoms with van der Waals surface area (Å²) >= 11 is 3.44. The number of carbonyl (C=O) groups excluding carboxylic acids is 1. The van der Waals surface area contributed by atoms with Gasteiger partial charge in [0, 0.05) is 36.1 Å². The second-order valence-electron chi connectivity index (χ2n) is 5.86. The number of halogens is 1. The third-order valence-corrected chi connectivity index (χ3v) is 4.53. The van der Waals surface area contributed by atoms with E-state index in [2.05, 4.69) is 54.2 Å². The SMILES string of the molecule is CC1CN(C(=O)CC(C)c2ccc(Br)cc2)C(C)CN1. The maximum atomic E-state index is 12.5. The first-order valence-electron chi connectivity index (χ1n) is 7.25. The van der Waals surface area contributed by atoms with Crippen molar-refractivity contribution in [1.82, 2.24) is 10.2 Å². The Morgan fingerprint density at radius 2 is 2.05 bits per heavy atom. The smallest absolute Gasteiger partial charge is 0.223 e. The Labute approximate surface area is 129 Å². The van der Waals surface area contributed by atoms with E-state index in [1.165, 1.54) is 5.56 Å². The summed E-state index contributed by atoms with van der Waals surface area (Å²) in [5.41, 5.74) is 1.22. The van der Waals surface area contributed by atoms with Crippen molar-refractivity contribution in [2.24, 2.45) is 0 Å². The summed E-state index contributed by atoms with van der Waals surface area (Å²) in [6, 6.07) is 8.92. The maximum absolute atomic E-state index is 12.5. The van der Waals surface area contributed by atoms with Gasteiger partial charge in [-0.3, -0.25) is 4.79 Å². The van der Waals surface area contributed by atoms with Crippen LogP contribution in [0.25, 0.3) is 0 Å². The van der Waals surface area contributed by atoms with Gasteiger partial charge in [0.1, 0.15) is 0 Å². The summed E-state index contributed by atoms with van der Waals surface area (Å²) in [7, 11) is 0. The van der Waals surface area contributed by atoms with Crippen LogP contribution in [0.3, 0.4) is 0 Å². The first-order valence-corrected chi connectivity index (χ1v) is 8.05. The standard InChI is InChI=1S/C16H23BrN2O/c1-11(14-4-6-15(17)7-5-14)8-16(20)19-10-12(2)18-9-13(19)3/h4-7,11-13,18H,8-10H2,1-3H3. The molecule has 1 aromatic rings. The second kappa shape index (κ2) is 6.72. The first-order chi connectivity index (χ1) is 9.47. The number of nitrogens with zero attached hydrogens (tertiary/aromatic N) is 1. The van der Waals surface area contributed by atoms with E-state index in [1.807, 2.05) is 17.0 Å². The average Bonchev–Trinajstić information content (AvgIpc) is 2.42. The average molecular weight is 339 g/mol. The minimum absolute atomic E-state index is 0.257. The molecule has 1 aliphatic heterocycles. The second-order valence-corrected chi connectivity index (χ2v) is 6.78. The summed E-state index contributed by atoms with van der Waals surface area (Å²) < 4.78 is 1.07. The molecule has 0 bridgehead atoms. The van der Waals surface area contributed by atoms with E-state index >= 15 is 0 Å². The van der Waals surface area contributed by atoms with E-state index in [0.29, 0.717) is 12.5 Å². The Morgan fingerprint density at radius 3 is 2.70 bits per heavy atom. The largest absolute Gasteiger partial charge is 0.337 e. The minimum atomic E-state index is 0.257. The van der Waals surface area contributed by atoms with Crippen LogP contribution in [0.15, 0.2) is 28.7 Å². The number of piperazine rings is 1. The Balaban J connectivity index is 1.98. The highest BCUT2D eigenvalue weighted by Gasteiger charge is 2.27. The molecule has 1 N–H and O–H groups in total. The first kappa shape index (κ1) is 15.5. The van der Waals surface area contributed by atoms with Crippen LogP contribution in [0.5, 0.6) is 0 Å². The van der Waals surface area contributed by atoms with Gasteiger partial charge < -0.3 is 10.2 Å². The molecule has 1 saturated heterocycles. The molecule has 110 valence electrons. The number of hydrogen-bond acceptors (Lipinski definition) is 2. The molecule has 1 aliphatic rings. The predicted molar refractivity (Wildman–Crippen MR) is 85.8 cm³/mol. The molecule has 0 aromatic heterocycles. The Bertz CT molecular complexity index is 460. The maximum Gasteiger partial charge on any atom is 0.223 e. The topological polar surface area (TPSA) is 32.3 Å². The molecule has 2 rings (SSSR count). The highest BCUT2D eigenvalue weighted by molar-refractivity contribution is 9.10. The van der Waals surface area contributed by atoms with Crippen LogP contribution in [0, 0.1) is 0 Å². The molecule has 3 nitrogen and oxygen atoms in total. The van der Waals surface area contributed by atoms with Crippen molar-refractivity contribution in [2.75, 3.05) is 13.1 Å². The van der Waals surface area contributed by atoms with Gasteiger partial charge in [-0.2, -0.15) is 0 Å². The zero-order valence-corrected chi connectivity index (χ0v) is 14.0. The molecule has 1 heterocycles. The molecular weight excluding hydrogens is 316 g/mol. The van der Waals surface area contributed by atoms with Gasteiger partial charge in [0.15, 0.2) is 0 Å². The van der Waals surface area contributed by atoms with Crippen molar-refractivity contribution in [3.05, 3.63) is 34.3 Å². The molecule has 0 saturated carbocycles. The Kier molecular flexibility index (Phi) is 5.22. The van der Waals surface area contributed by atoms with E-state index in [9.17, 15) is 4.79 Å². The Morgan fingerprint density at radius 1 is 1.40 bits per heavy atom. The fourth-order valence-corrected chi connectivity index (χ4v) is 2.92. The lowest BCUT2D eigenvalue weighted by Gasteiger charge is -2.38. The molecule has 0 radical (unpaired) electrons. The molecule has 3 atom stereocenters. The van der Waals surface area contributed by atoms with Crippen molar-refractivity contribution in [2.45, 2.75) is 45.2 Å². The summed E-state index contributed by atoms with van der Waals surface area (Å²) in [6.07, 6.45) is 0.582. The number of nitrogens with one attached hydrogen (secondary N) is 1. The predicted octanol–water partition coefficient (Wildman–Crippen LogP) is 3.15. The monoisotopic (exact) mass is 338 g/mol. The number of amides is 1. The highest BCUT2D eigenvalue weighted by Crippen LogP contribution is 2.23. The van der Waals surface area contributed by atoms with E-state index in [0.717, 1.165) is 17.6 Å². The lowest BCUT2D eigenvalue weighted by atomic mass is 9.96. The number of carbonyl (C=O) groups is 1. The highest BCUT2D eigenvalue weighted by atomic mass is 79.9. The zero-order chi connectivity index (χ0) is 14.7. The van der Waals surface area contributed by atoms with Crippen LogP contribution in [0.2, 0.25) is 0 Å². The van der Waals surface area contributed by atoms with Crippen molar-refractivity contribution in [1.29, 1.82) is 0 Å². The summed E-state index contributed by atoms with van der Waals surface area (Å²) in [6.45, 7) is 8.06. The summed E-state index contributed by atoms with van der Waals surface area (Å²) in [5.74, 6) is 0.522. The van der Waals surface area contributed by atoms with Crippen LogP contribution < -0.4 is 5.32 Å². The fourth-order valence-electron chi connectivity index (χ4n) is 2.66. The molecule has 20 heavy (non-hydrogen) atoms. The zero-order valence-electron chi connectivity index (χ0n) is 12.4. The van der Waals surface area contributed by atoms with Gasteiger partial charge in [-0.1, -0.05) is 35.0 Å². The van der Waals surface area contributed by atoms with Gasteiger partial charge >= 0.3 is 0 Å². The summed E-state index contributed by atoms with van der Waals surface area (Å²) in [5, 5.41) is 3.41. The van der Waals surface area contributed by atoms with Crippen molar-refractivity contribution in [3.8, 4) is 0 Å². The van der Waals surface area contributed by atoms with Gasteiger partial charge in [0.05, 0.1) is 0 Å². The lowest BCUT2D eigenvalue weighted by Crippen LogP contribution is -2.56. The van der Waals surface area contributed by atoms with Gasteiger partial charge in [0.2, 0.25) is 5.91 Å². The summed E-state index contributed by atoms with van der Waals surface area (Å²) in [4.78, 5) is 14.5. The van der Waals surface area contributed by atoms with Gasteiger partial charge in [-0.25, -0.2) is 0 Å².